The van der Waals surface area contributed by atoms with E-state index >= 15 is 0 Å². The fourth-order valence-corrected chi connectivity index (χ4v) is 5.27. The van der Waals surface area contributed by atoms with Crippen LogP contribution in [0.1, 0.15) is 43.0 Å². The molecule has 0 unspecified atom stereocenters. The number of hydrogen-bond acceptors (Lipinski definition) is 4. The Balaban J connectivity index is 1.29. The summed E-state index contributed by atoms with van der Waals surface area (Å²) in [5.41, 5.74) is 7.30. The lowest BCUT2D eigenvalue weighted by Gasteiger charge is -2.23. The lowest BCUT2D eigenvalue weighted by Crippen LogP contribution is -2.31. The van der Waals surface area contributed by atoms with Gasteiger partial charge in [-0.05, 0) is 73.9 Å². The van der Waals surface area contributed by atoms with Crippen LogP contribution in [0.2, 0.25) is 0 Å². The maximum atomic E-state index is 12.2. The highest BCUT2D eigenvalue weighted by Crippen LogP contribution is 2.33. The average Bonchev–Trinajstić information content (AvgIpc) is 3.29. The number of nitrogens with one attached hydrogen (secondary N) is 3. The van der Waals surface area contributed by atoms with Crippen molar-refractivity contribution in [2.24, 2.45) is 0 Å². The van der Waals surface area contributed by atoms with Crippen LogP contribution in [-0.2, 0) is 24.1 Å². The van der Waals surface area contributed by atoms with Crippen LogP contribution in [0.5, 0.6) is 0 Å². The quantitative estimate of drug-likeness (QED) is 0.235. The number of fused-ring (bicyclic) bond motifs is 3. The number of hydrogen-bond donors (Lipinski definition) is 4. The molecule has 2 aromatic carbocycles. The zero-order valence-corrected chi connectivity index (χ0v) is 21.1. The first-order chi connectivity index (χ1) is 18.0. The summed E-state index contributed by atoms with van der Waals surface area (Å²) in [7, 11) is 0. The third kappa shape index (κ3) is 5.38. The van der Waals surface area contributed by atoms with E-state index in [9.17, 15) is 14.7 Å². The van der Waals surface area contributed by atoms with E-state index in [1.807, 2.05) is 36.5 Å². The van der Waals surface area contributed by atoms with Crippen LogP contribution in [-0.4, -0.2) is 46.7 Å². The van der Waals surface area contributed by atoms with Crippen molar-refractivity contribution in [1.29, 1.82) is 0 Å². The predicted octanol–water partition coefficient (Wildman–Crippen LogP) is 5.26. The normalized spacial score (nSPS) is 12.9. The minimum atomic E-state index is -0.971. The minimum absolute atomic E-state index is 0.0635. The first-order valence-electron chi connectivity index (χ1n) is 13.0. The third-order valence-electron chi connectivity index (χ3n) is 7.09. The summed E-state index contributed by atoms with van der Waals surface area (Å²) in [6.45, 7) is 3.08. The molecular formula is C29H33N5O3. The Kier molecular flexibility index (Phi) is 7.25. The zero-order chi connectivity index (χ0) is 25.8. The summed E-state index contributed by atoms with van der Waals surface area (Å²) in [5.74, 6) is -0.0635. The van der Waals surface area contributed by atoms with Crippen molar-refractivity contribution in [1.82, 2.24) is 15.3 Å². The molecule has 4 N–H and O–H groups in total. The summed E-state index contributed by atoms with van der Waals surface area (Å²) < 4.78 is 0. The number of nitrogens with zero attached hydrogens (tertiary/aromatic N) is 2. The number of para-hydroxylation sites is 1. The molecule has 37 heavy (non-hydrogen) atoms. The molecule has 1 aliphatic rings. The Labute approximate surface area is 216 Å². The highest BCUT2D eigenvalue weighted by atomic mass is 16.4. The fourth-order valence-electron chi connectivity index (χ4n) is 5.27. The number of aromatic amines is 1. The second kappa shape index (κ2) is 10.9. The molecule has 0 saturated heterocycles. The number of pyridine rings is 1. The monoisotopic (exact) mass is 499 g/mol. The molecule has 0 spiro atoms. The lowest BCUT2D eigenvalue weighted by atomic mass is 9.92. The first kappa shape index (κ1) is 24.6. The van der Waals surface area contributed by atoms with E-state index in [1.54, 1.807) is 0 Å². The molecule has 192 valence electrons. The number of benzene rings is 2. The van der Waals surface area contributed by atoms with E-state index in [4.69, 9.17) is 4.98 Å². The van der Waals surface area contributed by atoms with Crippen LogP contribution in [0.25, 0.3) is 21.8 Å². The fraction of sp³-hybridized carbons (Fsp3) is 0.345. The van der Waals surface area contributed by atoms with Gasteiger partial charge in [-0.3, -0.25) is 14.7 Å². The summed E-state index contributed by atoms with van der Waals surface area (Å²) in [5, 5.41) is 18.5. The van der Waals surface area contributed by atoms with E-state index < -0.39 is 6.09 Å². The molecule has 2 amide bonds. The smallest absolute Gasteiger partial charge is 0.411 e. The van der Waals surface area contributed by atoms with Gasteiger partial charge in [0, 0.05) is 66.1 Å². The molecule has 4 aromatic rings. The molecule has 0 aliphatic heterocycles. The Bertz CT molecular complexity index is 1440. The number of aryl methyl sites for hydroxylation is 1. The minimum Gasteiger partial charge on any atom is -0.465 e. The van der Waals surface area contributed by atoms with Gasteiger partial charge < -0.3 is 20.7 Å². The molecule has 8 heteroatoms. The number of rotatable bonds is 9. The number of H-pyrrole nitrogens is 1. The standard InChI is InChI=1S/C29H33N5O3/c1-19(35)30-15-13-20-18-32-25-12-11-21(17-24(20)25)34(29(36)37)16-6-14-31-28-22-7-2-4-9-26(22)33-27-10-5-3-8-23(27)28/h2,4,7,9,11-12,17-18,32H,3,5-6,8,10,13-16H2,1H3,(H,30,35)(H,31,33)(H,36,37). The van der Waals surface area contributed by atoms with Crippen LogP contribution in [0.4, 0.5) is 16.2 Å². The lowest BCUT2D eigenvalue weighted by molar-refractivity contribution is -0.118. The number of anilines is 2. The molecule has 0 saturated carbocycles. The molecule has 2 heterocycles. The van der Waals surface area contributed by atoms with Crippen molar-refractivity contribution in [3.8, 4) is 0 Å². The number of carbonyl (C=O) groups excluding carboxylic acids is 1. The number of amides is 2. The van der Waals surface area contributed by atoms with E-state index in [0.29, 0.717) is 38.2 Å². The van der Waals surface area contributed by atoms with Gasteiger partial charge in [0.15, 0.2) is 0 Å². The van der Waals surface area contributed by atoms with Crippen LogP contribution < -0.4 is 15.5 Å². The van der Waals surface area contributed by atoms with Crippen molar-refractivity contribution in [2.45, 2.75) is 45.4 Å². The van der Waals surface area contributed by atoms with Gasteiger partial charge >= 0.3 is 6.09 Å². The molecular weight excluding hydrogens is 466 g/mol. The molecule has 1 aliphatic carbocycles. The summed E-state index contributed by atoms with van der Waals surface area (Å²) in [6, 6.07) is 13.9. The molecule has 2 aromatic heterocycles. The van der Waals surface area contributed by atoms with Crippen molar-refractivity contribution in [2.75, 3.05) is 29.9 Å². The molecule has 5 rings (SSSR count). The van der Waals surface area contributed by atoms with E-state index in [0.717, 1.165) is 45.9 Å². The van der Waals surface area contributed by atoms with Crippen LogP contribution in [0.15, 0.2) is 48.7 Å². The second-order valence-electron chi connectivity index (χ2n) is 9.63. The van der Waals surface area contributed by atoms with Gasteiger partial charge in [0.1, 0.15) is 0 Å². The number of aromatic nitrogens is 2. The summed E-state index contributed by atoms with van der Waals surface area (Å²) in [6.07, 6.45) is 6.66. The average molecular weight is 500 g/mol. The summed E-state index contributed by atoms with van der Waals surface area (Å²) >= 11 is 0. The van der Waals surface area contributed by atoms with Crippen LogP contribution in [0, 0.1) is 0 Å². The number of carboxylic acid groups (broad SMARTS) is 1. The third-order valence-corrected chi connectivity index (χ3v) is 7.09. The molecule has 8 nitrogen and oxygen atoms in total. The van der Waals surface area contributed by atoms with E-state index in [-0.39, 0.29) is 5.91 Å². The van der Waals surface area contributed by atoms with Crippen LogP contribution in [0.3, 0.4) is 0 Å². The Morgan fingerprint density at radius 2 is 1.92 bits per heavy atom. The molecule has 0 radical (unpaired) electrons. The van der Waals surface area contributed by atoms with Gasteiger partial charge in [-0.15, -0.1) is 0 Å². The van der Waals surface area contributed by atoms with Crippen LogP contribution >= 0.6 is 0 Å². The second-order valence-corrected chi connectivity index (χ2v) is 9.63. The Hall–Kier alpha value is -4.07. The highest BCUT2D eigenvalue weighted by Gasteiger charge is 2.19. The molecule has 0 bridgehead atoms. The highest BCUT2D eigenvalue weighted by molar-refractivity contribution is 5.94. The maximum absolute atomic E-state index is 12.2. The Morgan fingerprint density at radius 3 is 2.76 bits per heavy atom. The van der Waals surface area contributed by atoms with Gasteiger partial charge in [-0.1, -0.05) is 18.2 Å². The van der Waals surface area contributed by atoms with Crippen molar-refractivity contribution in [3.63, 3.8) is 0 Å². The SMILES string of the molecule is CC(=O)NCCc1c[nH]c2ccc(N(CCCNc3c4c(nc5ccccc35)CCCC4)C(=O)O)cc12. The van der Waals surface area contributed by atoms with Gasteiger partial charge in [-0.25, -0.2) is 4.79 Å². The van der Waals surface area contributed by atoms with Gasteiger partial charge in [0.05, 0.1) is 5.52 Å². The zero-order valence-electron chi connectivity index (χ0n) is 21.1. The topological polar surface area (TPSA) is 110 Å². The van der Waals surface area contributed by atoms with Crippen molar-refractivity contribution >= 4 is 45.2 Å². The van der Waals surface area contributed by atoms with Gasteiger partial charge in [0.2, 0.25) is 5.91 Å². The van der Waals surface area contributed by atoms with Crippen molar-refractivity contribution in [3.05, 3.63) is 65.5 Å². The molecule has 0 fully saturated rings. The van der Waals surface area contributed by atoms with E-state index in [2.05, 4.69) is 27.8 Å². The predicted molar refractivity (Wildman–Crippen MR) is 148 cm³/mol. The van der Waals surface area contributed by atoms with E-state index in [1.165, 1.54) is 35.9 Å². The van der Waals surface area contributed by atoms with Crippen molar-refractivity contribution < 1.29 is 14.7 Å². The van der Waals surface area contributed by atoms with Gasteiger partial charge in [0.25, 0.3) is 0 Å². The Morgan fingerprint density at radius 1 is 1.08 bits per heavy atom. The molecule has 0 atom stereocenters. The maximum Gasteiger partial charge on any atom is 0.411 e. The largest absolute Gasteiger partial charge is 0.465 e. The number of carbonyl (C=O) groups is 2. The van der Waals surface area contributed by atoms with Gasteiger partial charge in [-0.2, -0.15) is 0 Å². The first-order valence-corrected chi connectivity index (χ1v) is 13.0. The summed E-state index contributed by atoms with van der Waals surface area (Å²) in [4.78, 5) is 32.9.